The Balaban J connectivity index is 1.56. The Kier molecular flexibility index (Phi) is 4.12. The summed E-state index contributed by atoms with van der Waals surface area (Å²) in [6, 6.07) is 4.87. The summed E-state index contributed by atoms with van der Waals surface area (Å²) in [6.45, 7) is 0. The fourth-order valence-corrected chi connectivity index (χ4v) is 6.98. The summed E-state index contributed by atoms with van der Waals surface area (Å²) >= 11 is 6.11. The van der Waals surface area contributed by atoms with E-state index >= 15 is 0 Å². The standard InChI is InChI=1S/C18H24ClO7P/c1-23-18(12-2-3-15(19)16(9-12)24-27(20,21)22)17(25-26-18)13-5-10-4-11(7-13)8-14(17)6-10/h2-3,9-11,13-14,20-22,27H,4-8H2,1H3. The Hall–Kier alpha value is -0.500. The summed E-state index contributed by atoms with van der Waals surface area (Å²) in [5.41, 5.74) is 0.0632. The van der Waals surface area contributed by atoms with Crippen molar-refractivity contribution in [3.8, 4) is 5.75 Å². The predicted molar refractivity (Wildman–Crippen MR) is 97.7 cm³/mol. The van der Waals surface area contributed by atoms with Crippen molar-refractivity contribution in [2.45, 2.75) is 43.5 Å². The van der Waals surface area contributed by atoms with Gasteiger partial charge in [-0.2, -0.15) is 0 Å². The summed E-state index contributed by atoms with van der Waals surface area (Å²) in [5.74, 6) is 1.08. The van der Waals surface area contributed by atoms with E-state index in [1.54, 1.807) is 19.2 Å². The van der Waals surface area contributed by atoms with Gasteiger partial charge in [-0.25, -0.2) is 0 Å². The molecular weight excluding hydrogens is 395 g/mol. The third kappa shape index (κ3) is 2.54. The van der Waals surface area contributed by atoms with E-state index in [2.05, 4.69) is 0 Å². The molecular formula is C18H24ClO7P. The normalized spacial score (nSPS) is 43.0. The van der Waals surface area contributed by atoms with Crippen LogP contribution in [-0.2, 0) is 20.3 Å². The third-order valence-electron chi connectivity index (χ3n) is 7.01. The zero-order valence-electron chi connectivity index (χ0n) is 14.9. The van der Waals surface area contributed by atoms with Gasteiger partial charge in [0.2, 0.25) is 0 Å². The average Bonchev–Trinajstić information content (AvgIpc) is 2.56. The molecule has 0 amide bonds. The Morgan fingerprint density at radius 3 is 2.15 bits per heavy atom. The van der Waals surface area contributed by atoms with Crippen LogP contribution >= 0.6 is 19.8 Å². The molecule has 1 spiro atoms. The Bertz CT molecular complexity index is 735. The zero-order chi connectivity index (χ0) is 19.0. The van der Waals surface area contributed by atoms with Gasteiger partial charge in [-0.3, -0.25) is 0 Å². The van der Waals surface area contributed by atoms with Crippen LogP contribution in [0.2, 0.25) is 5.02 Å². The minimum absolute atomic E-state index is 0.0285. The topological polar surface area (TPSA) is 97.6 Å². The van der Waals surface area contributed by atoms with Gasteiger partial charge in [0.05, 0.1) is 0 Å². The molecule has 1 aliphatic heterocycles. The van der Waals surface area contributed by atoms with Crippen molar-refractivity contribution in [3.63, 3.8) is 0 Å². The molecule has 0 radical (unpaired) electrons. The number of benzene rings is 1. The summed E-state index contributed by atoms with van der Waals surface area (Å²) in [5, 5.41) is 0.151. The van der Waals surface area contributed by atoms with E-state index in [4.69, 9.17) is 30.6 Å². The van der Waals surface area contributed by atoms with Crippen LogP contribution in [-0.4, -0.2) is 27.4 Å². The molecule has 1 saturated heterocycles. The van der Waals surface area contributed by atoms with Crippen molar-refractivity contribution < 1.29 is 33.7 Å². The Labute approximate surface area is 162 Å². The van der Waals surface area contributed by atoms with E-state index in [1.807, 2.05) is 0 Å². The molecule has 5 aliphatic rings. The van der Waals surface area contributed by atoms with Crippen LogP contribution in [0, 0.1) is 23.7 Å². The first kappa shape index (κ1) is 18.5. The second-order valence-electron chi connectivity index (χ2n) is 8.41. The molecule has 4 aliphatic carbocycles. The predicted octanol–water partition coefficient (Wildman–Crippen LogP) is 3.06. The molecule has 5 fully saturated rings. The first-order chi connectivity index (χ1) is 12.8. The molecule has 9 heteroatoms. The van der Waals surface area contributed by atoms with Crippen molar-refractivity contribution >= 4 is 19.8 Å². The average molecular weight is 419 g/mol. The third-order valence-corrected chi connectivity index (χ3v) is 7.81. The summed E-state index contributed by atoms with van der Waals surface area (Å²) < 4.78 is 10.8. The second kappa shape index (κ2) is 6.00. The molecule has 3 N–H and O–H groups in total. The molecule has 1 aromatic rings. The molecule has 1 aromatic carbocycles. The summed E-state index contributed by atoms with van der Waals surface area (Å²) in [4.78, 5) is 39.5. The number of methoxy groups -OCH3 is 1. The number of halogens is 1. The first-order valence-electron chi connectivity index (χ1n) is 9.35. The number of rotatable bonds is 4. The fourth-order valence-electron chi connectivity index (χ4n) is 6.29. The van der Waals surface area contributed by atoms with Gasteiger partial charge in [0, 0.05) is 0 Å². The molecule has 150 valence electrons. The van der Waals surface area contributed by atoms with Gasteiger partial charge in [-0.1, -0.05) is 0 Å². The van der Waals surface area contributed by atoms with Crippen LogP contribution in [0.5, 0.6) is 5.75 Å². The fraction of sp³-hybridized carbons (Fsp3) is 0.667. The van der Waals surface area contributed by atoms with Crippen molar-refractivity contribution in [1.82, 2.24) is 0 Å². The van der Waals surface area contributed by atoms with E-state index in [0.29, 0.717) is 17.4 Å². The van der Waals surface area contributed by atoms with E-state index in [1.165, 1.54) is 12.5 Å². The van der Waals surface area contributed by atoms with Crippen LogP contribution in [0.25, 0.3) is 0 Å². The second-order valence-corrected chi connectivity index (χ2v) is 10.2. The molecule has 4 bridgehead atoms. The molecule has 7 nitrogen and oxygen atoms in total. The Morgan fingerprint density at radius 2 is 1.67 bits per heavy atom. The van der Waals surface area contributed by atoms with E-state index < -0.39 is 19.6 Å². The zero-order valence-corrected chi connectivity index (χ0v) is 16.7. The number of hydrogen-bond donors (Lipinski definition) is 3. The molecule has 1 heterocycles. The Morgan fingerprint density at radius 1 is 1.04 bits per heavy atom. The van der Waals surface area contributed by atoms with Gasteiger partial charge in [-0.15, -0.1) is 0 Å². The van der Waals surface area contributed by atoms with Gasteiger partial charge in [0.15, 0.2) is 0 Å². The van der Waals surface area contributed by atoms with Gasteiger partial charge in [-0.05, 0) is 0 Å². The van der Waals surface area contributed by atoms with Crippen LogP contribution in [0.3, 0.4) is 0 Å². The number of hydrogen-bond acceptors (Lipinski definition) is 7. The van der Waals surface area contributed by atoms with Crippen LogP contribution < -0.4 is 4.52 Å². The maximum atomic E-state index is 9.31. The molecule has 6 rings (SSSR count). The summed E-state index contributed by atoms with van der Waals surface area (Å²) in [7, 11) is -3.19. The van der Waals surface area contributed by atoms with E-state index in [0.717, 1.165) is 37.5 Å². The van der Waals surface area contributed by atoms with Gasteiger partial charge < -0.3 is 0 Å². The SMILES string of the molecule is COC1(c2ccc(Cl)c(O[PH](O)(O)O)c2)OOC12C1CC3CC(C1)CC2C3. The van der Waals surface area contributed by atoms with E-state index in [9.17, 15) is 14.7 Å². The molecule has 1 unspecified atom stereocenters. The van der Waals surface area contributed by atoms with Crippen molar-refractivity contribution in [1.29, 1.82) is 0 Å². The first-order valence-corrected chi connectivity index (χ1v) is 11.5. The van der Waals surface area contributed by atoms with Crippen molar-refractivity contribution in [2.75, 3.05) is 7.11 Å². The van der Waals surface area contributed by atoms with Crippen molar-refractivity contribution in [2.24, 2.45) is 23.7 Å². The van der Waals surface area contributed by atoms with Crippen molar-refractivity contribution in [3.05, 3.63) is 28.8 Å². The maximum absolute atomic E-state index is 9.31. The molecule has 4 saturated carbocycles. The molecule has 1 atom stereocenters. The molecule has 27 heavy (non-hydrogen) atoms. The number of ether oxygens (including phenoxy) is 1. The quantitative estimate of drug-likeness (QED) is 0.510. The molecule has 0 aromatic heterocycles. The van der Waals surface area contributed by atoms with E-state index in [-0.39, 0.29) is 10.8 Å². The van der Waals surface area contributed by atoms with Gasteiger partial charge >= 0.3 is 162 Å². The van der Waals surface area contributed by atoms with Crippen LogP contribution in [0.1, 0.15) is 37.7 Å². The monoisotopic (exact) mass is 418 g/mol. The van der Waals surface area contributed by atoms with Gasteiger partial charge in [0.1, 0.15) is 0 Å². The van der Waals surface area contributed by atoms with Crippen LogP contribution in [0.15, 0.2) is 18.2 Å². The minimum atomic E-state index is -4.79. The van der Waals surface area contributed by atoms with Gasteiger partial charge in [0.25, 0.3) is 0 Å². The van der Waals surface area contributed by atoms with Crippen LogP contribution in [0.4, 0.5) is 0 Å². The summed E-state index contributed by atoms with van der Waals surface area (Å²) in [6.07, 6.45) is 5.76.